The molecule has 0 atom stereocenters. The number of carbonyl (C=O) groups is 2. The Balaban J connectivity index is 2.91. The largest absolute Gasteiger partial charge is 0.303 e. The van der Waals surface area contributed by atoms with Crippen LogP contribution >= 0.6 is 11.6 Å². The molecule has 0 bridgehead atoms. The summed E-state index contributed by atoms with van der Waals surface area (Å²) in [4.78, 5) is 20.3. The zero-order valence-corrected chi connectivity index (χ0v) is 8.68. The van der Waals surface area contributed by atoms with Gasteiger partial charge in [-0.25, -0.2) is 0 Å². The van der Waals surface area contributed by atoms with Gasteiger partial charge in [0.25, 0.3) is 0 Å². The SMILES string of the molecule is O=CCCCCCCCCC(=O)Cl. The third-order valence-electron chi connectivity index (χ3n) is 1.95. The van der Waals surface area contributed by atoms with Gasteiger partial charge in [-0.3, -0.25) is 4.79 Å². The molecule has 2 nitrogen and oxygen atoms in total. The van der Waals surface area contributed by atoms with Crippen molar-refractivity contribution in [2.75, 3.05) is 0 Å². The van der Waals surface area contributed by atoms with Crippen LogP contribution in [0.4, 0.5) is 0 Å². The minimum atomic E-state index is -0.235. The molecule has 0 radical (unpaired) electrons. The summed E-state index contributed by atoms with van der Waals surface area (Å²) < 4.78 is 0. The minimum Gasteiger partial charge on any atom is -0.303 e. The summed E-state index contributed by atoms with van der Waals surface area (Å²) in [6.45, 7) is 0. The van der Waals surface area contributed by atoms with Crippen LogP contribution in [-0.4, -0.2) is 11.5 Å². The lowest BCUT2D eigenvalue weighted by molar-refractivity contribution is -0.111. The van der Waals surface area contributed by atoms with Crippen molar-refractivity contribution in [1.82, 2.24) is 0 Å². The number of unbranched alkanes of at least 4 members (excludes halogenated alkanes) is 6. The summed E-state index contributed by atoms with van der Waals surface area (Å²) in [5.41, 5.74) is 0. The van der Waals surface area contributed by atoms with Gasteiger partial charge in [0, 0.05) is 12.8 Å². The Hall–Kier alpha value is -0.370. The first-order valence-corrected chi connectivity index (χ1v) is 5.27. The van der Waals surface area contributed by atoms with Gasteiger partial charge in [0.15, 0.2) is 0 Å². The maximum atomic E-state index is 10.3. The fraction of sp³-hybridized carbons (Fsp3) is 0.800. The van der Waals surface area contributed by atoms with Crippen LogP contribution in [0.25, 0.3) is 0 Å². The number of aldehydes is 1. The first kappa shape index (κ1) is 12.6. The van der Waals surface area contributed by atoms with Gasteiger partial charge in [0.2, 0.25) is 5.24 Å². The third-order valence-corrected chi connectivity index (χ3v) is 2.13. The second-order valence-corrected chi connectivity index (χ2v) is 3.60. The predicted octanol–water partition coefficient (Wildman–Crippen LogP) is 3.07. The molecular formula is C10H17ClO2. The predicted molar refractivity (Wildman–Crippen MR) is 53.9 cm³/mol. The Kier molecular flexibility index (Phi) is 9.44. The highest BCUT2D eigenvalue weighted by atomic mass is 35.5. The van der Waals surface area contributed by atoms with Gasteiger partial charge in [-0.1, -0.05) is 25.7 Å². The van der Waals surface area contributed by atoms with Crippen molar-refractivity contribution in [2.24, 2.45) is 0 Å². The van der Waals surface area contributed by atoms with Crippen molar-refractivity contribution in [3.05, 3.63) is 0 Å². The molecule has 0 saturated carbocycles. The number of hydrogen-bond donors (Lipinski definition) is 0. The molecule has 0 aliphatic heterocycles. The van der Waals surface area contributed by atoms with Gasteiger partial charge in [-0.2, -0.15) is 0 Å². The standard InChI is InChI=1S/C10H17ClO2/c11-10(13)8-6-4-2-1-3-5-7-9-12/h9H,1-8H2. The Labute approximate surface area is 84.7 Å². The molecule has 0 aliphatic rings. The molecule has 76 valence electrons. The van der Waals surface area contributed by atoms with E-state index in [0.29, 0.717) is 12.8 Å². The van der Waals surface area contributed by atoms with Gasteiger partial charge in [-0.05, 0) is 24.4 Å². The fourth-order valence-corrected chi connectivity index (χ4v) is 1.33. The van der Waals surface area contributed by atoms with E-state index in [0.717, 1.165) is 44.8 Å². The highest BCUT2D eigenvalue weighted by molar-refractivity contribution is 6.63. The Bertz CT molecular complexity index is 146. The molecule has 0 aromatic rings. The second-order valence-electron chi connectivity index (χ2n) is 3.18. The maximum absolute atomic E-state index is 10.3. The first-order valence-electron chi connectivity index (χ1n) is 4.89. The van der Waals surface area contributed by atoms with E-state index in [-0.39, 0.29) is 5.24 Å². The molecule has 0 aromatic carbocycles. The van der Waals surface area contributed by atoms with Crippen LogP contribution in [0, 0.1) is 0 Å². The fourth-order valence-electron chi connectivity index (χ4n) is 1.20. The van der Waals surface area contributed by atoms with E-state index in [1.165, 1.54) is 0 Å². The van der Waals surface area contributed by atoms with Crippen LogP contribution in [0.15, 0.2) is 0 Å². The van der Waals surface area contributed by atoms with Crippen molar-refractivity contribution in [2.45, 2.75) is 51.4 Å². The van der Waals surface area contributed by atoms with E-state index in [2.05, 4.69) is 0 Å². The normalized spacial score (nSPS) is 9.92. The molecule has 13 heavy (non-hydrogen) atoms. The summed E-state index contributed by atoms with van der Waals surface area (Å²) >= 11 is 5.18. The van der Waals surface area contributed by atoms with Crippen LogP contribution in [0.3, 0.4) is 0 Å². The van der Waals surface area contributed by atoms with E-state index in [1.54, 1.807) is 0 Å². The van der Waals surface area contributed by atoms with Crippen LogP contribution in [0.2, 0.25) is 0 Å². The molecule has 0 rings (SSSR count). The topological polar surface area (TPSA) is 34.1 Å². The van der Waals surface area contributed by atoms with E-state index in [1.807, 2.05) is 0 Å². The molecule has 0 aliphatic carbocycles. The summed E-state index contributed by atoms with van der Waals surface area (Å²) in [5, 5.41) is -0.235. The lowest BCUT2D eigenvalue weighted by Gasteiger charge is -1.98. The first-order chi connectivity index (χ1) is 6.27. The average Bonchev–Trinajstić information content (AvgIpc) is 2.09. The average molecular weight is 205 g/mol. The quantitative estimate of drug-likeness (QED) is 0.329. The summed E-state index contributed by atoms with van der Waals surface area (Å²) in [6, 6.07) is 0. The van der Waals surface area contributed by atoms with Gasteiger partial charge in [0.1, 0.15) is 6.29 Å². The smallest absolute Gasteiger partial charge is 0.221 e. The molecular weight excluding hydrogens is 188 g/mol. The number of halogens is 1. The molecule has 0 aromatic heterocycles. The third kappa shape index (κ3) is 11.6. The van der Waals surface area contributed by atoms with Gasteiger partial charge in [-0.15, -0.1) is 0 Å². The van der Waals surface area contributed by atoms with Crippen molar-refractivity contribution in [3.63, 3.8) is 0 Å². The van der Waals surface area contributed by atoms with Crippen molar-refractivity contribution < 1.29 is 9.59 Å². The summed E-state index contributed by atoms with van der Waals surface area (Å²) in [7, 11) is 0. The highest BCUT2D eigenvalue weighted by Gasteiger charge is 1.95. The molecule has 0 fully saturated rings. The number of hydrogen-bond acceptors (Lipinski definition) is 2. The van der Waals surface area contributed by atoms with Crippen molar-refractivity contribution >= 4 is 23.1 Å². The Morgan fingerprint density at radius 1 is 1.00 bits per heavy atom. The van der Waals surface area contributed by atoms with Gasteiger partial charge < -0.3 is 4.79 Å². The van der Waals surface area contributed by atoms with Gasteiger partial charge >= 0.3 is 0 Å². The second kappa shape index (κ2) is 9.72. The van der Waals surface area contributed by atoms with E-state index in [4.69, 9.17) is 11.6 Å². The van der Waals surface area contributed by atoms with Crippen LogP contribution in [-0.2, 0) is 9.59 Å². The molecule has 0 heterocycles. The van der Waals surface area contributed by atoms with E-state index in [9.17, 15) is 9.59 Å². The molecule has 3 heteroatoms. The molecule has 0 unspecified atom stereocenters. The maximum Gasteiger partial charge on any atom is 0.221 e. The van der Waals surface area contributed by atoms with E-state index < -0.39 is 0 Å². The molecule has 0 saturated heterocycles. The van der Waals surface area contributed by atoms with Crippen LogP contribution < -0.4 is 0 Å². The lowest BCUT2D eigenvalue weighted by Crippen LogP contribution is -1.86. The van der Waals surface area contributed by atoms with E-state index >= 15 is 0 Å². The molecule has 0 amide bonds. The lowest BCUT2D eigenvalue weighted by atomic mass is 10.1. The van der Waals surface area contributed by atoms with Crippen molar-refractivity contribution in [3.8, 4) is 0 Å². The minimum absolute atomic E-state index is 0.235. The van der Waals surface area contributed by atoms with Crippen LogP contribution in [0.5, 0.6) is 0 Å². The summed E-state index contributed by atoms with van der Waals surface area (Å²) in [6.07, 6.45) is 8.52. The number of carbonyl (C=O) groups excluding carboxylic acids is 2. The van der Waals surface area contributed by atoms with Crippen molar-refractivity contribution in [1.29, 1.82) is 0 Å². The summed E-state index contributed by atoms with van der Waals surface area (Å²) in [5.74, 6) is 0. The Morgan fingerprint density at radius 3 is 2.08 bits per heavy atom. The monoisotopic (exact) mass is 204 g/mol. The molecule has 0 N–H and O–H groups in total. The highest BCUT2D eigenvalue weighted by Crippen LogP contribution is 2.08. The number of rotatable bonds is 9. The molecule has 0 spiro atoms. The van der Waals surface area contributed by atoms with Crippen LogP contribution in [0.1, 0.15) is 51.4 Å². The Morgan fingerprint density at radius 2 is 1.54 bits per heavy atom. The van der Waals surface area contributed by atoms with Gasteiger partial charge in [0.05, 0.1) is 0 Å². The zero-order valence-electron chi connectivity index (χ0n) is 7.93. The zero-order chi connectivity index (χ0) is 9.94.